The molecule has 6 heteroatoms. The second-order valence-corrected chi connectivity index (χ2v) is 5.15. The van der Waals surface area contributed by atoms with Crippen molar-refractivity contribution in [3.05, 3.63) is 30.2 Å². The molecule has 0 aliphatic carbocycles. The molecule has 1 aliphatic heterocycles. The summed E-state index contributed by atoms with van der Waals surface area (Å²) in [5.74, 6) is 2.02. The summed E-state index contributed by atoms with van der Waals surface area (Å²) < 4.78 is 25.9. The molecule has 3 rings (SSSR count). The molecular weight excluding hydrogens is 273 g/mol. The molecule has 2 atom stereocenters. The van der Waals surface area contributed by atoms with Crippen molar-refractivity contribution >= 4 is 0 Å². The number of alkyl halides is 1. The minimum atomic E-state index is -0.917. The lowest BCUT2D eigenvalue weighted by molar-refractivity contribution is 0.230. The van der Waals surface area contributed by atoms with E-state index in [2.05, 4.69) is 4.98 Å². The van der Waals surface area contributed by atoms with E-state index < -0.39 is 6.17 Å². The lowest BCUT2D eigenvalue weighted by Gasteiger charge is -2.22. The number of ether oxygens (including phenoxy) is 2. The summed E-state index contributed by atoms with van der Waals surface area (Å²) >= 11 is 0. The highest BCUT2D eigenvalue weighted by Crippen LogP contribution is 2.33. The van der Waals surface area contributed by atoms with Gasteiger partial charge in [-0.25, -0.2) is 9.37 Å². The number of methoxy groups -OCH3 is 2. The summed E-state index contributed by atoms with van der Waals surface area (Å²) in [4.78, 5) is 4.54. The number of fused-ring (bicyclic) bond motifs is 1. The van der Waals surface area contributed by atoms with Crippen molar-refractivity contribution in [2.24, 2.45) is 5.73 Å². The predicted octanol–water partition coefficient (Wildman–Crippen LogP) is 2.31. The van der Waals surface area contributed by atoms with Crippen LogP contribution in [0.1, 0.15) is 18.3 Å². The van der Waals surface area contributed by atoms with E-state index in [-0.39, 0.29) is 6.04 Å². The molecule has 0 fully saturated rings. The number of benzene rings is 1. The van der Waals surface area contributed by atoms with Crippen molar-refractivity contribution in [3.63, 3.8) is 0 Å². The van der Waals surface area contributed by atoms with Crippen molar-refractivity contribution in [3.8, 4) is 22.8 Å². The highest BCUT2D eigenvalue weighted by atomic mass is 19.1. The summed E-state index contributed by atoms with van der Waals surface area (Å²) in [6.07, 6.45) is 1.24. The molecular formula is C15H18FN3O2. The molecule has 112 valence electrons. The fourth-order valence-corrected chi connectivity index (χ4v) is 2.68. The van der Waals surface area contributed by atoms with Gasteiger partial charge in [0, 0.05) is 18.2 Å². The molecule has 0 radical (unpaired) electrons. The van der Waals surface area contributed by atoms with E-state index in [0.29, 0.717) is 24.5 Å². The Kier molecular flexibility index (Phi) is 3.55. The van der Waals surface area contributed by atoms with Crippen molar-refractivity contribution in [1.29, 1.82) is 0 Å². The SMILES string of the molecule is COc1ccc(-c2cn3c(n2)C(N)CC(F)C3)cc1OC. The Labute approximate surface area is 122 Å². The molecule has 0 saturated carbocycles. The molecule has 1 aliphatic rings. The minimum absolute atomic E-state index is 0.309. The predicted molar refractivity (Wildman–Crippen MR) is 77.2 cm³/mol. The van der Waals surface area contributed by atoms with E-state index in [1.54, 1.807) is 18.8 Å². The van der Waals surface area contributed by atoms with Gasteiger partial charge < -0.3 is 19.8 Å². The van der Waals surface area contributed by atoms with Crippen molar-refractivity contribution in [1.82, 2.24) is 9.55 Å². The van der Waals surface area contributed by atoms with E-state index in [0.717, 1.165) is 17.1 Å². The molecule has 2 N–H and O–H groups in total. The van der Waals surface area contributed by atoms with E-state index in [1.807, 2.05) is 24.4 Å². The number of aromatic nitrogens is 2. The van der Waals surface area contributed by atoms with Crippen LogP contribution in [0.4, 0.5) is 4.39 Å². The molecule has 2 heterocycles. The first-order chi connectivity index (χ1) is 10.1. The second-order valence-electron chi connectivity index (χ2n) is 5.15. The zero-order chi connectivity index (χ0) is 15.0. The van der Waals surface area contributed by atoms with Crippen LogP contribution in [0.25, 0.3) is 11.3 Å². The summed E-state index contributed by atoms with van der Waals surface area (Å²) in [7, 11) is 3.18. The average molecular weight is 291 g/mol. The Balaban J connectivity index is 2.00. The third-order valence-corrected chi connectivity index (χ3v) is 3.72. The number of halogens is 1. The zero-order valence-corrected chi connectivity index (χ0v) is 12.0. The van der Waals surface area contributed by atoms with Crippen LogP contribution in [0, 0.1) is 0 Å². The van der Waals surface area contributed by atoms with E-state index in [9.17, 15) is 4.39 Å². The maximum Gasteiger partial charge on any atom is 0.161 e. The largest absolute Gasteiger partial charge is 0.493 e. The normalized spacial score (nSPS) is 21.0. The van der Waals surface area contributed by atoms with E-state index >= 15 is 0 Å². The number of nitrogens with zero attached hydrogens (tertiary/aromatic N) is 2. The Bertz CT molecular complexity index is 656. The molecule has 21 heavy (non-hydrogen) atoms. The van der Waals surface area contributed by atoms with Gasteiger partial charge in [0.05, 0.1) is 32.5 Å². The molecule has 2 aromatic rings. The van der Waals surface area contributed by atoms with Gasteiger partial charge in [-0.05, 0) is 18.2 Å². The van der Waals surface area contributed by atoms with Crippen molar-refractivity contribution in [2.75, 3.05) is 14.2 Å². The monoisotopic (exact) mass is 291 g/mol. The fourth-order valence-electron chi connectivity index (χ4n) is 2.68. The van der Waals surface area contributed by atoms with Gasteiger partial charge in [-0.3, -0.25) is 0 Å². The first kappa shape index (κ1) is 13.9. The van der Waals surface area contributed by atoms with Crippen LogP contribution in [0.15, 0.2) is 24.4 Å². The quantitative estimate of drug-likeness (QED) is 0.942. The van der Waals surface area contributed by atoms with Crippen LogP contribution in [0.2, 0.25) is 0 Å². The average Bonchev–Trinajstić information content (AvgIpc) is 2.90. The molecule has 1 aromatic carbocycles. The molecule has 5 nitrogen and oxygen atoms in total. The van der Waals surface area contributed by atoms with E-state index in [4.69, 9.17) is 15.2 Å². The maximum atomic E-state index is 13.6. The first-order valence-corrected chi connectivity index (χ1v) is 6.81. The van der Waals surface area contributed by atoms with Gasteiger partial charge in [-0.2, -0.15) is 0 Å². The summed E-state index contributed by atoms with van der Waals surface area (Å²) in [6, 6.07) is 5.21. The molecule has 1 aromatic heterocycles. The number of hydrogen-bond donors (Lipinski definition) is 1. The minimum Gasteiger partial charge on any atom is -0.493 e. The van der Waals surface area contributed by atoms with Crippen molar-refractivity contribution in [2.45, 2.75) is 25.2 Å². The highest BCUT2D eigenvalue weighted by Gasteiger charge is 2.26. The van der Waals surface area contributed by atoms with Gasteiger partial charge in [0.1, 0.15) is 12.0 Å². The summed E-state index contributed by atoms with van der Waals surface area (Å²) in [5.41, 5.74) is 7.61. The molecule has 0 saturated heterocycles. The van der Waals surface area contributed by atoms with Crippen molar-refractivity contribution < 1.29 is 13.9 Å². The van der Waals surface area contributed by atoms with Crippen LogP contribution >= 0.6 is 0 Å². The van der Waals surface area contributed by atoms with Gasteiger partial charge in [-0.15, -0.1) is 0 Å². The number of nitrogens with two attached hydrogens (primary N) is 1. The van der Waals surface area contributed by atoms with Gasteiger partial charge >= 0.3 is 0 Å². The standard InChI is InChI=1S/C15H18FN3O2/c1-20-13-4-3-9(5-14(13)21-2)12-8-19-7-10(16)6-11(17)15(19)18-12/h3-5,8,10-11H,6-7,17H2,1-2H3. The fraction of sp³-hybridized carbons (Fsp3) is 0.400. The van der Waals surface area contributed by atoms with Crippen LogP contribution in [0.3, 0.4) is 0 Å². The number of rotatable bonds is 3. The van der Waals surface area contributed by atoms with Crippen LogP contribution in [0.5, 0.6) is 11.5 Å². The van der Waals surface area contributed by atoms with Gasteiger partial charge in [0.2, 0.25) is 0 Å². The smallest absolute Gasteiger partial charge is 0.161 e. The number of hydrogen-bond acceptors (Lipinski definition) is 4. The van der Waals surface area contributed by atoms with Gasteiger partial charge in [0.25, 0.3) is 0 Å². The van der Waals surface area contributed by atoms with Crippen LogP contribution < -0.4 is 15.2 Å². The highest BCUT2D eigenvalue weighted by molar-refractivity contribution is 5.64. The van der Waals surface area contributed by atoms with E-state index in [1.165, 1.54) is 0 Å². The zero-order valence-electron chi connectivity index (χ0n) is 12.0. The summed E-state index contributed by atoms with van der Waals surface area (Å²) in [6.45, 7) is 0.309. The van der Waals surface area contributed by atoms with Gasteiger partial charge in [-0.1, -0.05) is 0 Å². The van der Waals surface area contributed by atoms with Crippen LogP contribution in [-0.4, -0.2) is 29.9 Å². The lowest BCUT2D eigenvalue weighted by atomic mass is 10.1. The number of imidazole rings is 1. The maximum absolute atomic E-state index is 13.6. The Morgan fingerprint density at radius 3 is 2.76 bits per heavy atom. The third kappa shape index (κ3) is 2.47. The third-order valence-electron chi connectivity index (χ3n) is 3.72. The lowest BCUT2D eigenvalue weighted by Crippen LogP contribution is -2.29. The first-order valence-electron chi connectivity index (χ1n) is 6.81. The Hall–Kier alpha value is -2.08. The second kappa shape index (κ2) is 5.37. The Morgan fingerprint density at radius 2 is 2.05 bits per heavy atom. The van der Waals surface area contributed by atoms with Crippen LogP contribution in [-0.2, 0) is 6.54 Å². The molecule has 0 amide bonds. The topological polar surface area (TPSA) is 62.3 Å². The molecule has 0 spiro atoms. The molecule has 0 bridgehead atoms. The molecule has 2 unspecified atom stereocenters. The van der Waals surface area contributed by atoms with Gasteiger partial charge in [0.15, 0.2) is 11.5 Å². The summed E-state index contributed by atoms with van der Waals surface area (Å²) in [5, 5.41) is 0. The Morgan fingerprint density at radius 1 is 1.29 bits per heavy atom.